The second-order valence-electron chi connectivity index (χ2n) is 3.75. The van der Waals surface area contributed by atoms with Crippen molar-refractivity contribution in [1.29, 1.82) is 0 Å². The Balaban J connectivity index is 3.20. The minimum absolute atomic E-state index is 0.0572. The third-order valence-electron chi connectivity index (χ3n) is 2.53. The van der Waals surface area contributed by atoms with Crippen LogP contribution in [-0.4, -0.2) is 31.6 Å². The largest absolute Gasteiger partial charge is 0.495 e. The summed E-state index contributed by atoms with van der Waals surface area (Å²) in [4.78, 5) is 0. The molecule has 4 nitrogen and oxygen atoms in total. The Morgan fingerprint density at radius 2 is 1.63 bits per heavy atom. The first-order valence-corrected chi connectivity index (χ1v) is 5.93. The Morgan fingerprint density at radius 1 is 1.21 bits per heavy atom. The van der Waals surface area contributed by atoms with Crippen LogP contribution in [0.2, 0.25) is 0 Å². The van der Waals surface area contributed by atoms with Crippen LogP contribution in [0.1, 0.15) is 11.6 Å². The van der Waals surface area contributed by atoms with Crippen molar-refractivity contribution in [2.75, 3.05) is 14.2 Å². The summed E-state index contributed by atoms with van der Waals surface area (Å²) in [5, 5.41) is 9.16. The number of alkyl halides is 3. The molecule has 8 heteroatoms. The van der Waals surface area contributed by atoms with E-state index in [0.29, 0.717) is 4.47 Å². The molecule has 0 heterocycles. The fraction of sp³-hybridized carbons (Fsp3) is 0.455. The normalized spacial score (nSPS) is 14.9. The molecule has 108 valence electrons. The molecule has 0 amide bonds. The molecule has 0 saturated heterocycles. The van der Waals surface area contributed by atoms with Crippen molar-refractivity contribution in [2.24, 2.45) is 5.73 Å². The van der Waals surface area contributed by atoms with E-state index in [9.17, 15) is 13.2 Å². The standard InChI is InChI=1S/C11H13BrF3NO3/c1-18-6-3-5(4-7(19-2)8(6)12)9(16)10(17)11(13,14)15/h3-4,9-10,17H,16H2,1-2H3/t9-,10-/m1/s1. The Bertz CT molecular complexity index is 428. The Labute approximate surface area is 116 Å². The van der Waals surface area contributed by atoms with Gasteiger partial charge in [0.05, 0.1) is 20.3 Å². The zero-order valence-electron chi connectivity index (χ0n) is 10.2. The van der Waals surface area contributed by atoms with E-state index in [1.807, 2.05) is 0 Å². The molecule has 1 rings (SSSR count). The summed E-state index contributed by atoms with van der Waals surface area (Å²) in [5.41, 5.74) is 5.48. The molecule has 0 saturated carbocycles. The van der Waals surface area contributed by atoms with Gasteiger partial charge < -0.3 is 20.3 Å². The van der Waals surface area contributed by atoms with Crippen LogP contribution in [0, 0.1) is 0 Å². The maximum absolute atomic E-state index is 12.4. The van der Waals surface area contributed by atoms with Gasteiger partial charge in [-0.3, -0.25) is 0 Å². The lowest BCUT2D eigenvalue weighted by atomic mass is 10.0. The highest BCUT2D eigenvalue weighted by atomic mass is 79.9. The maximum atomic E-state index is 12.4. The summed E-state index contributed by atoms with van der Waals surface area (Å²) in [7, 11) is 2.71. The predicted molar refractivity (Wildman–Crippen MR) is 66.2 cm³/mol. The minimum atomic E-state index is -4.80. The van der Waals surface area contributed by atoms with E-state index in [0.717, 1.165) is 0 Å². The van der Waals surface area contributed by atoms with Crippen molar-refractivity contribution in [1.82, 2.24) is 0 Å². The van der Waals surface area contributed by atoms with Gasteiger partial charge in [0.25, 0.3) is 0 Å². The van der Waals surface area contributed by atoms with Crippen molar-refractivity contribution >= 4 is 15.9 Å². The Kier molecular flexibility index (Phi) is 5.05. The number of rotatable bonds is 4. The lowest BCUT2D eigenvalue weighted by Gasteiger charge is -2.23. The number of hydrogen-bond donors (Lipinski definition) is 2. The zero-order valence-corrected chi connectivity index (χ0v) is 11.7. The van der Waals surface area contributed by atoms with Crippen molar-refractivity contribution < 1.29 is 27.8 Å². The number of benzene rings is 1. The number of methoxy groups -OCH3 is 2. The van der Waals surface area contributed by atoms with Gasteiger partial charge in [-0.15, -0.1) is 0 Å². The predicted octanol–water partition coefficient (Wildman–Crippen LogP) is 2.39. The summed E-state index contributed by atoms with van der Waals surface area (Å²) < 4.78 is 47.7. The van der Waals surface area contributed by atoms with Gasteiger partial charge in [0.1, 0.15) is 16.0 Å². The SMILES string of the molecule is COc1cc([C@@H](N)[C@@H](O)C(F)(F)F)cc(OC)c1Br. The highest BCUT2D eigenvalue weighted by molar-refractivity contribution is 9.10. The molecule has 0 fully saturated rings. The number of aliphatic hydroxyl groups excluding tert-OH is 1. The first-order chi connectivity index (χ1) is 8.72. The molecular formula is C11H13BrF3NO3. The fourth-order valence-corrected chi connectivity index (χ4v) is 2.02. The summed E-state index contributed by atoms with van der Waals surface area (Å²) in [5.74, 6) is 0.526. The van der Waals surface area contributed by atoms with Crippen LogP contribution < -0.4 is 15.2 Å². The van der Waals surface area contributed by atoms with Crippen LogP contribution in [0.5, 0.6) is 11.5 Å². The van der Waals surface area contributed by atoms with Gasteiger partial charge in [-0.05, 0) is 33.6 Å². The van der Waals surface area contributed by atoms with Crippen LogP contribution in [-0.2, 0) is 0 Å². The summed E-state index contributed by atoms with van der Waals surface area (Å²) in [6.45, 7) is 0. The smallest absolute Gasteiger partial charge is 0.416 e. The number of halogens is 4. The summed E-state index contributed by atoms with van der Waals surface area (Å²) in [6.07, 6.45) is -7.46. The lowest BCUT2D eigenvalue weighted by Crippen LogP contribution is -2.38. The van der Waals surface area contributed by atoms with Crippen LogP contribution in [0.3, 0.4) is 0 Å². The molecule has 3 N–H and O–H groups in total. The molecule has 0 spiro atoms. The van der Waals surface area contributed by atoms with Gasteiger partial charge in [0.15, 0.2) is 6.10 Å². The van der Waals surface area contributed by atoms with E-state index in [-0.39, 0.29) is 17.1 Å². The van der Waals surface area contributed by atoms with Crippen molar-refractivity contribution in [3.63, 3.8) is 0 Å². The molecule has 0 aliphatic rings. The monoisotopic (exact) mass is 343 g/mol. The van der Waals surface area contributed by atoms with Crippen molar-refractivity contribution in [2.45, 2.75) is 18.3 Å². The summed E-state index contributed by atoms with van der Waals surface area (Å²) >= 11 is 3.19. The van der Waals surface area contributed by atoms with Crippen LogP contribution in [0.15, 0.2) is 16.6 Å². The van der Waals surface area contributed by atoms with E-state index in [1.165, 1.54) is 26.4 Å². The number of ether oxygens (including phenoxy) is 2. The molecule has 0 bridgehead atoms. The van der Waals surface area contributed by atoms with E-state index < -0.39 is 18.3 Å². The van der Waals surface area contributed by atoms with E-state index >= 15 is 0 Å². The molecule has 0 aromatic heterocycles. The second-order valence-corrected chi connectivity index (χ2v) is 4.54. The van der Waals surface area contributed by atoms with Crippen LogP contribution in [0.4, 0.5) is 13.2 Å². The topological polar surface area (TPSA) is 64.7 Å². The highest BCUT2D eigenvalue weighted by Crippen LogP contribution is 2.38. The number of aliphatic hydroxyl groups is 1. The van der Waals surface area contributed by atoms with Gasteiger partial charge >= 0.3 is 6.18 Å². The minimum Gasteiger partial charge on any atom is -0.495 e. The quantitative estimate of drug-likeness (QED) is 0.880. The molecule has 1 aromatic carbocycles. The van der Waals surface area contributed by atoms with Crippen molar-refractivity contribution in [3.8, 4) is 11.5 Å². The van der Waals surface area contributed by atoms with Crippen LogP contribution >= 0.6 is 15.9 Å². The molecule has 0 aliphatic heterocycles. The zero-order chi connectivity index (χ0) is 14.8. The Morgan fingerprint density at radius 3 is 1.95 bits per heavy atom. The van der Waals surface area contributed by atoms with E-state index in [2.05, 4.69) is 15.9 Å². The fourth-order valence-electron chi connectivity index (χ4n) is 1.47. The second kappa shape index (κ2) is 5.98. The van der Waals surface area contributed by atoms with Gasteiger partial charge in [0, 0.05) is 0 Å². The average molecular weight is 344 g/mol. The average Bonchev–Trinajstić information content (AvgIpc) is 2.36. The molecule has 2 atom stereocenters. The van der Waals surface area contributed by atoms with Crippen molar-refractivity contribution in [3.05, 3.63) is 22.2 Å². The molecule has 0 radical (unpaired) electrons. The molecule has 0 aliphatic carbocycles. The number of nitrogens with two attached hydrogens (primary N) is 1. The number of hydrogen-bond acceptors (Lipinski definition) is 4. The third-order valence-corrected chi connectivity index (χ3v) is 3.31. The van der Waals surface area contributed by atoms with Gasteiger partial charge in [-0.2, -0.15) is 13.2 Å². The molecule has 0 unspecified atom stereocenters. The third kappa shape index (κ3) is 3.52. The van der Waals surface area contributed by atoms with Gasteiger partial charge in [-0.1, -0.05) is 0 Å². The van der Waals surface area contributed by atoms with Gasteiger partial charge in [-0.25, -0.2) is 0 Å². The lowest BCUT2D eigenvalue weighted by molar-refractivity contribution is -0.210. The van der Waals surface area contributed by atoms with E-state index in [1.54, 1.807) is 0 Å². The van der Waals surface area contributed by atoms with E-state index in [4.69, 9.17) is 20.3 Å². The van der Waals surface area contributed by atoms with Crippen LogP contribution in [0.25, 0.3) is 0 Å². The maximum Gasteiger partial charge on any atom is 0.416 e. The highest BCUT2D eigenvalue weighted by Gasteiger charge is 2.43. The first kappa shape index (κ1) is 16.1. The molecule has 19 heavy (non-hydrogen) atoms. The molecular weight excluding hydrogens is 331 g/mol. The Hall–Kier alpha value is -0.990. The van der Waals surface area contributed by atoms with Gasteiger partial charge in [0.2, 0.25) is 0 Å². The summed E-state index contributed by atoms with van der Waals surface area (Å²) in [6, 6.07) is 0.995. The molecule has 1 aromatic rings. The first-order valence-electron chi connectivity index (χ1n) is 5.14.